The standard InChI is InChI=1S/C13H18Cl2N2/c1-17(8-10-4-2-3-5-10)9-12-11(14)6-7-13(15)16-12/h6-7,10H,2-5,8-9H2,1H3. The Hall–Kier alpha value is -0.310. The van der Waals surface area contributed by atoms with Gasteiger partial charge in [-0.05, 0) is 37.9 Å². The van der Waals surface area contributed by atoms with Crippen molar-refractivity contribution in [3.63, 3.8) is 0 Å². The van der Waals surface area contributed by atoms with Gasteiger partial charge in [-0.25, -0.2) is 4.98 Å². The van der Waals surface area contributed by atoms with Crippen LogP contribution in [-0.2, 0) is 6.54 Å². The van der Waals surface area contributed by atoms with Gasteiger partial charge in [0.25, 0.3) is 0 Å². The molecule has 0 aliphatic heterocycles. The molecule has 2 nitrogen and oxygen atoms in total. The summed E-state index contributed by atoms with van der Waals surface area (Å²) >= 11 is 12.0. The van der Waals surface area contributed by atoms with Crippen molar-refractivity contribution < 1.29 is 0 Å². The quantitative estimate of drug-likeness (QED) is 0.770. The van der Waals surface area contributed by atoms with Crippen LogP contribution < -0.4 is 0 Å². The van der Waals surface area contributed by atoms with Crippen molar-refractivity contribution in [3.05, 3.63) is 28.0 Å². The van der Waals surface area contributed by atoms with E-state index in [-0.39, 0.29) is 0 Å². The molecule has 0 N–H and O–H groups in total. The number of rotatable bonds is 4. The second kappa shape index (κ2) is 6.03. The monoisotopic (exact) mass is 272 g/mol. The third-order valence-electron chi connectivity index (χ3n) is 3.35. The van der Waals surface area contributed by atoms with Crippen LogP contribution in [0.15, 0.2) is 12.1 Å². The zero-order valence-corrected chi connectivity index (χ0v) is 11.6. The fourth-order valence-corrected chi connectivity index (χ4v) is 2.85. The second-order valence-electron chi connectivity index (χ2n) is 4.91. The summed E-state index contributed by atoms with van der Waals surface area (Å²) in [6, 6.07) is 3.54. The Labute approximate surface area is 113 Å². The lowest BCUT2D eigenvalue weighted by Gasteiger charge is -2.20. The summed E-state index contributed by atoms with van der Waals surface area (Å²) < 4.78 is 0. The third kappa shape index (κ3) is 3.84. The Morgan fingerprint density at radius 2 is 2.00 bits per heavy atom. The van der Waals surface area contributed by atoms with Crippen molar-refractivity contribution in [2.75, 3.05) is 13.6 Å². The van der Waals surface area contributed by atoms with Gasteiger partial charge in [0.1, 0.15) is 5.15 Å². The van der Waals surface area contributed by atoms with Crippen molar-refractivity contribution in [2.24, 2.45) is 5.92 Å². The number of hydrogen-bond acceptors (Lipinski definition) is 2. The predicted molar refractivity (Wildman–Crippen MR) is 72.5 cm³/mol. The normalized spacial score (nSPS) is 16.9. The van der Waals surface area contributed by atoms with Crippen LogP contribution in [0.5, 0.6) is 0 Å². The average molecular weight is 273 g/mol. The molecule has 1 saturated carbocycles. The summed E-state index contributed by atoms with van der Waals surface area (Å²) in [6.07, 6.45) is 5.49. The highest BCUT2D eigenvalue weighted by atomic mass is 35.5. The van der Waals surface area contributed by atoms with E-state index in [9.17, 15) is 0 Å². The summed E-state index contributed by atoms with van der Waals surface area (Å²) in [5.74, 6) is 0.845. The molecule has 0 atom stereocenters. The van der Waals surface area contributed by atoms with Crippen molar-refractivity contribution >= 4 is 23.2 Å². The Balaban J connectivity index is 1.92. The molecule has 1 aromatic rings. The molecular weight excluding hydrogens is 255 g/mol. The Bertz CT molecular complexity index is 376. The van der Waals surface area contributed by atoms with Crippen LogP contribution in [0.1, 0.15) is 31.4 Å². The van der Waals surface area contributed by atoms with Crippen molar-refractivity contribution in [1.29, 1.82) is 0 Å². The molecule has 1 aliphatic rings. The van der Waals surface area contributed by atoms with E-state index in [1.807, 2.05) is 6.07 Å². The topological polar surface area (TPSA) is 16.1 Å². The molecule has 0 aromatic carbocycles. The lowest BCUT2D eigenvalue weighted by Crippen LogP contribution is -2.24. The zero-order valence-electron chi connectivity index (χ0n) is 10.1. The van der Waals surface area contributed by atoms with Crippen molar-refractivity contribution in [2.45, 2.75) is 32.2 Å². The first-order chi connectivity index (χ1) is 8.15. The highest BCUT2D eigenvalue weighted by Gasteiger charge is 2.17. The van der Waals surface area contributed by atoms with Crippen LogP contribution in [0.3, 0.4) is 0 Å². The molecule has 0 spiro atoms. The third-order valence-corrected chi connectivity index (χ3v) is 3.90. The minimum absolute atomic E-state index is 0.513. The number of halogens is 2. The first-order valence-electron chi connectivity index (χ1n) is 6.14. The molecule has 0 bridgehead atoms. The van der Waals surface area contributed by atoms with E-state index in [4.69, 9.17) is 23.2 Å². The average Bonchev–Trinajstić information content (AvgIpc) is 2.76. The summed E-state index contributed by atoms with van der Waals surface area (Å²) in [5, 5.41) is 1.21. The van der Waals surface area contributed by atoms with E-state index in [1.165, 1.54) is 25.7 Å². The maximum Gasteiger partial charge on any atom is 0.129 e. The Kier molecular flexibility index (Phi) is 4.66. The van der Waals surface area contributed by atoms with Gasteiger partial charge in [0, 0.05) is 13.1 Å². The fourth-order valence-electron chi connectivity index (χ4n) is 2.52. The van der Waals surface area contributed by atoms with E-state index in [2.05, 4.69) is 16.9 Å². The summed E-state index contributed by atoms with van der Waals surface area (Å²) in [6.45, 7) is 1.90. The van der Waals surface area contributed by atoms with Gasteiger partial charge in [0.05, 0.1) is 10.7 Å². The number of pyridine rings is 1. The summed E-state index contributed by atoms with van der Waals surface area (Å²) in [5.41, 5.74) is 0.875. The summed E-state index contributed by atoms with van der Waals surface area (Å²) in [7, 11) is 2.12. The molecular formula is C13H18Cl2N2. The van der Waals surface area contributed by atoms with Crippen LogP contribution in [0.4, 0.5) is 0 Å². The molecule has 0 radical (unpaired) electrons. The van der Waals surface area contributed by atoms with E-state index in [0.29, 0.717) is 10.2 Å². The van der Waals surface area contributed by atoms with Gasteiger partial charge in [0.15, 0.2) is 0 Å². The smallest absolute Gasteiger partial charge is 0.129 e. The van der Waals surface area contributed by atoms with E-state index >= 15 is 0 Å². The van der Waals surface area contributed by atoms with Gasteiger partial charge in [0.2, 0.25) is 0 Å². The first kappa shape index (κ1) is 13.1. The van der Waals surface area contributed by atoms with Gasteiger partial charge >= 0.3 is 0 Å². The highest BCUT2D eigenvalue weighted by Crippen LogP contribution is 2.26. The van der Waals surface area contributed by atoms with E-state index in [1.54, 1.807) is 6.07 Å². The van der Waals surface area contributed by atoms with Gasteiger partial charge in [-0.2, -0.15) is 0 Å². The largest absolute Gasteiger partial charge is 0.300 e. The summed E-state index contributed by atoms with van der Waals surface area (Å²) in [4.78, 5) is 6.57. The molecule has 2 rings (SSSR count). The molecule has 94 valence electrons. The highest BCUT2D eigenvalue weighted by molar-refractivity contribution is 6.32. The van der Waals surface area contributed by atoms with Gasteiger partial charge in [-0.3, -0.25) is 0 Å². The minimum Gasteiger partial charge on any atom is -0.300 e. The molecule has 1 heterocycles. The molecule has 0 amide bonds. The van der Waals surface area contributed by atoms with Gasteiger partial charge in [-0.15, -0.1) is 0 Å². The van der Waals surface area contributed by atoms with E-state index in [0.717, 1.165) is 24.7 Å². The number of aromatic nitrogens is 1. The van der Waals surface area contributed by atoms with Crippen LogP contribution in [0, 0.1) is 5.92 Å². The van der Waals surface area contributed by atoms with Crippen LogP contribution >= 0.6 is 23.2 Å². The lowest BCUT2D eigenvalue weighted by molar-refractivity contribution is 0.268. The fraction of sp³-hybridized carbons (Fsp3) is 0.615. The van der Waals surface area contributed by atoms with Crippen LogP contribution in [-0.4, -0.2) is 23.5 Å². The molecule has 0 saturated heterocycles. The second-order valence-corrected chi connectivity index (χ2v) is 5.70. The lowest BCUT2D eigenvalue weighted by atomic mass is 10.1. The van der Waals surface area contributed by atoms with Crippen LogP contribution in [0.25, 0.3) is 0 Å². The van der Waals surface area contributed by atoms with E-state index < -0.39 is 0 Å². The maximum atomic E-state index is 6.11. The SMILES string of the molecule is CN(Cc1nc(Cl)ccc1Cl)CC1CCCC1. The van der Waals surface area contributed by atoms with Crippen LogP contribution in [0.2, 0.25) is 10.2 Å². The Morgan fingerprint density at radius 1 is 1.29 bits per heavy atom. The minimum atomic E-state index is 0.513. The molecule has 17 heavy (non-hydrogen) atoms. The first-order valence-corrected chi connectivity index (χ1v) is 6.90. The molecule has 1 aromatic heterocycles. The predicted octanol–water partition coefficient (Wildman–Crippen LogP) is 4.01. The van der Waals surface area contributed by atoms with Crippen molar-refractivity contribution in [1.82, 2.24) is 9.88 Å². The molecule has 1 fully saturated rings. The number of hydrogen-bond donors (Lipinski definition) is 0. The number of nitrogens with zero attached hydrogens (tertiary/aromatic N) is 2. The maximum absolute atomic E-state index is 6.11. The molecule has 1 aliphatic carbocycles. The molecule has 0 unspecified atom stereocenters. The molecule has 4 heteroatoms. The van der Waals surface area contributed by atoms with Gasteiger partial charge < -0.3 is 4.90 Å². The Morgan fingerprint density at radius 3 is 2.71 bits per heavy atom. The van der Waals surface area contributed by atoms with Crippen molar-refractivity contribution in [3.8, 4) is 0 Å². The zero-order chi connectivity index (χ0) is 12.3. The van der Waals surface area contributed by atoms with Gasteiger partial charge in [-0.1, -0.05) is 36.0 Å².